The fraction of sp³-hybridized carbons (Fsp3) is 0.455. The molecule has 70 valence electrons. The smallest absolute Gasteiger partial charge is 0.0133 e. The van der Waals surface area contributed by atoms with Crippen LogP contribution in [0.2, 0.25) is 0 Å². The quantitative estimate of drug-likeness (QED) is 0.824. The molecule has 1 fully saturated rings. The van der Waals surface area contributed by atoms with Gasteiger partial charge < -0.3 is 5.32 Å². The van der Waals surface area contributed by atoms with Gasteiger partial charge in [0.25, 0.3) is 0 Å². The van der Waals surface area contributed by atoms with Crippen molar-refractivity contribution in [3.8, 4) is 0 Å². The van der Waals surface area contributed by atoms with Gasteiger partial charge in [-0.2, -0.15) is 0 Å². The highest BCUT2D eigenvalue weighted by Crippen LogP contribution is 2.14. The van der Waals surface area contributed by atoms with Crippen LogP contribution in [0.25, 0.3) is 0 Å². The lowest BCUT2D eigenvalue weighted by atomic mass is 10.1. The molecule has 0 aliphatic carbocycles. The van der Waals surface area contributed by atoms with E-state index in [2.05, 4.69) is 52.2 Å². The second-order valence-electron chi connectivity index (χ2n) is 3.63. The first kappa shape index (κ1) is 9.46. The Morgan fingerprint density at radius 2 is 2.38 bits per heavy atom. The lowest BCUT2D eigenvalue weighted by molar-refractivity contribution is 0.603. The zero-order valence-electron chi connectivity index (χ0n) is 7.59. The third-order valence-electron chi connectivity index (χ3n) is 2.53. The van der Waals surface area contributed by atoms with Gasteiger partial charge in [-0.15, -0.1) is 0 Å². The normalized spacial score (nSPS) is 22.1. The predicted octanol–water partition coefficient (Wildman–Crippen LogP) is 2.59. The van der Waals surface area contributed by atoms with Crippen LogP contribution in [0.3, 0.4) is 0 Å². The van der Waals surface area contributed by atoms with Crippen LogP contribution in [0, 0.1) is 3.57 Å². The third kappa shape index (κ3) is 2.68. The Kier molecular flexibility index (Phi) is 3.22. The van der Waals surface area contributed by atoms with E-state index in [4.69, 9.17) is 0 Å². The molecular formula is C11H14IN. The number of nitrogens with one attached hydrogen (secondary N) is 1. The molecule has 1 aliphatic rings. The van der Waals surface area contributed by atoms with Gasteiger partial charge >= 0.3 is 0 Å². The zero-order chi connectivity index (χ0) is 9.10. The van der Waals surface area contributed by atoms with Crippen LogP contribution in [0.1, 0.15) is 18.4 Å². The Labute approximate surface area is 93.1 Å². The summed E-state index contributed by atoms with van der Waals surface area (Å²) in [7, 11) is 0. The van der Waals surface area contributed by atoms with Gasteiger partial charge in [-0.3, -0.25) is 0 Å². The molecule has 1 heterocycles. The number of benzene rings is 1. The average Bonchev–Trinajstić information content (AvgIpc) is 2.57. The number of hydrogen-bond acceptors (Lipinski definition) is 1. The second-order valence-corrected chi connectivity index (χ2v) is 4.87. The molecule has 1 aromatic rings. The van der Waals surface area contributed by atoms with E-state index in [1.54, 1.807) is 0 Å². The topological polar surface area (TPSA) is 12.0 Å². The van der Waals surface area contributed by atoms with E-state index >= 15 is 0 Å². The lowest BCUT2D eigenvalue weighted by Crippen LogP contribution is -2.23. The highest BCUT2D eigenvalue weighted by molar-refractivity contribution is 14.1. The SMILES string of the molecule is Ic1cccc(C[C@@H]2CCCN2)c1. The van der Waals surface area contributed by atoms with Crippen molar-refractivity contribution in [1.29, 1.82) is 0 Å². The fourth-order valence-electron chi connectivity index (χ4n) is 1.88. The highest BCUT2D eigenvalue weighted by Gasteiger charge is 2.13. The summed E-state index contributed by atoms with van der Waals surface area (Å²) in [5.41, 5.74) is 1.46. The largest absolute Gasteiger partial charge is 0.314 e. The van der Waals surface area contributed by atoms with Crippen LogP contribution in [0.15, 0.2) is 24.3 Å². The number of halogens is 1. The van der Waals surface area contributed by atoms with E-state index in [1.165, 1.54) is 34.9 Å². The van der Waals surface area contributed by atoms with Crippen molar-refractivity contribution in [2.75, 3.05) is 6.54 Å². The van der Waals surface area contributed by atoms with Gasteiger partial charge in [-0.1, -0.05) is 12.1 Å². The van der Waals surface area contributed by atoms with E-state index in [1.807, 2.05) is 0 Å². The van der Waals surface area contributed by atoms with Crippen molar-refractivity contribution in [2.45, 2.75) is 25.3 Å². The van der Waals surface area contributed by atoms with Crippen molar-refractivity contribution in [2.24, 2.45) is 0 Å². The molecule has 2 rings (SSSR count). The standard InChI is InChI=1S/C11H14IN/c12-10-4-1-3-9(7-10)8-11-5-2-6-13-11/h1,3-4,7,11,13H,2,5-6,8H2/t11-/m0/s1. The van der Waals surface area contributed by atoms with Gasteiger partial charge in [0, 0.05) is 9.61 Å². The lowest BCUT2D eigenvalue weighted by Gasteiger charge is -2.09. The first-order valence-electron chi connectivity index (χ1n) is 4.82. The van der Waals surface area contributed by atoms with Crippen molar-refractivity contribution in [3.63, 3.8) is 0 Å². The molecule has 0 bridgehead atoms. The first-order chi connectivity index (χ1) is 6.34. The Morgan fingerprint density at radius 3 is 3.08 bits per heavy atom. The molecule has 0 spiro atoms. The molecule has 0 amide bonds. The van der Waals surface area contributed by atoms with Crippen LogP contribution < -0.4 is 5.32 Å². The Morgan fingerprint density at radius 1 is 1.46 bits per heavy atom. The minimum absolute atomic E-state index is 0.721. The Bertz CT molecular complexity index is 279. The van der Waals surface area contributed by atoms with Gasteiger partial charge in [0.05, 0.1) is 0 Å². The number of hydrogen-bond donors (Lipinski definition) is 1. The molecule has 1 nitrogen and oxygen atoms in total. The predicted molar refractivity (Wildman–Crippen MR) is 63.9 cm³/mol. The molecule has 1 atom stereocenters. The monoisotopic (exact) mass is 287 g/mol. The van der Waals surface area contributed by atoms with Gasteiger partial charge in [-0.25, -0.2) is 0 Å². The summed E-state index contributed by atoms with van der Waals surface area (Å²) in [6.45, 7) is 1.20. The molecule has 13 heavy (non-hydrogen) atoms. The summed E-state index contributed by atoms with van der Waals surface area (Å²) in [6.07, 6.45) is 3.87. The first-order valence-corrected chi connectivity index (χ1v) is 5.90. The molecule has 2 heteroatoms. The summed E-state index contributed by atoms with van der Waals surface area (Å²) >= 11 is 2.37. The van der Waals surface area contributed by atoms with Gasteiger partial charge in [0.15, 0.2) is 0 Å². The maximum absolute atomic E-state index is 3.52. The molecule has 1 N–H and O–H groups in total. The van der Waals surface area contributed by atoms with Crippen LogP contribution in [0.4, 0.5) is 0 Å². The molecule has 1 aliphatic heterocycles. The average molecular weight is 287 g/mol. The second kappa shape index (κ2) is 4.42. The van der Waals surface area contributed by atoms with E-state index in [0.29, 0.717) is 0 Å². The molecule has 1 saturated heterocycles. The van der Waals surface area contributed by atoms with E-state index in [-0.39, 0.29) is 0 Å². The minimum Gasteiger partial charge on any atom is -0.314 e. The van der Waals surface area contributed by atoms with Gasteiger partial charge in [-0.05, 0) is 66.1 Å². The van der Waals surface area contributed by atoms with Crippen LogP contribution in [-0.2, 0) is 6.42 Å². The Hall–Kier alpha value is -0.0900. The van der Waals surface area contributed by atoms with Crippen molar-refractivity contribution < 1.29 is 0 Å². The van der Waals surface area contributed by atoms with Crippen LogP contribution in [0.5, 0.6) is 0 Å². The van der Waals surface area contributed by atoms with Crippen molar-refractivity contribution in [3.05, 3.63) is 33.4 Å². The summed E-state index contributed by atoms with van der Waals surface area (Å²) < 4.78 is 1.34. The summed E-state index contributed by atoms with van der Waals surface area (Å²) in [5, 5.41) is 3.52. The van der Waals surface area contributed by atoms with Crippen LogP contribution in [-0.4, -0.2) is 12.6 Å². The van der Waals surface area contributed by atoms with E-state index in [0.717, 1.165) is 6.04 Å². The van der Waals surface area contributed by atoms with Crippen molar-refractivity contribution in [1.82, 2.24) is 5.32 Å². The summed E-state index contributed by atoms with van der Waals surface area (Å²) in [6, 6.07) is 9.51. The van der Waals surface area contributed by atoms with Gasteiger partial charge in [0.1, 0.15) is 0 Å². The summed E-state index contributed by atoms with van der Waals surface area (Å²) in [4.78, 5) is 0. The molecule has 0 saturated carbocycles. The Balaban J connectivity index is 2.00. The zero-order valence-corrected chi connectivity index (χ0v) is 9.75. The molecular weight excluding hydrogens is 273 g/mol. The maximum Gasteiger partial charge on any atom is 0.0133 e. The maximum atomic E-state index is 3.52. The molecule has 1 aromatic carbocycles. The summed E-state index contributed by atoms with van der Waals surface area (Å²) in [5.74, 6) is 0. The highest BCUT2D eigenvalue weighted by atomic mass is 127. The van der Waals surface area contributed by atoms with Gasteiger partial charge in [0.2, 0.25) is 0 Å². The third-order valence-corrected chi connectivity index (χ3v) is 3.20. The number of rotatable bonds is 2. The van der Waals surface area contributed by atoms with Crippen molar-refractivity contribution >= 4 is 22.6 Å². The molecule has 0 aromatic heterocycles. The minimum atomic E-state index is 0.721. The molecule has 0 unspecified atom stereocenters. The van der Waals surface area contributed by atoms with Crippen LogP contribution >= 0.6 is 22.6 Å². The molecule has 0 radical (unpaired) electrons. The fourth-order valence-corrected chi connectivity index (χ4v) is 2.49. The van der Waals surface area contributed by atoms with E-state index in [9.17, 15) is 0 Å². The van der Waals surface area contributed by atoms with E-state index < -0.39 is 0 Å².